The Kier molecular flexibility index (Phi) is 2.37. The van der Waals surface area contributed by atoms with Crippen LogP contribution >= 0.6 is 11.3 Å². The molecule has 0 saturated heterocycles. The van der Waals surface area contributed by atoms with Crippen LogP contribution in [0, 0.1) is 10.9 Å². The highest BCUT2D eigenvalue weighted by atomic mass is 32.1. The smallest absolute Gasteiger partial charge is 0.177 e. The van der Waals surface area contributed by atoms with Gasteiger partial charge in [0.05, 0.1) is 6.61 Å². The lowest BCUT2D eigenvalue weighted by molar-refractivity contribution is 0.339. The van der Waals surface area contributed by atoms with Crippen LogP contribution in [0.25, 0.3) is 10.1 Å². The molecule has 74 valence electrons. The summed E-state index contributed by atoms with van der Waals surface area (Å²) in [5, 5.41) is -0.0662. The second-order valence-corrected chi connectivity index (χ2v) is 3.83. The van der Waals surface area contributed by atoms with Gasteiger partial charge in [-0.25, -0.2) is 4.39 Å². The van der Waals surface area contributed by atoms with Crippen molar-refractivity contribution in [2.75, 3.05) is 6.61 Å². The molecule has 0 fully saturated rings. The Morgan fingerprint density at radius 2 is 2.07 bits per heavy atom. The van der Waals surface area contributed by atoms with E-state index in [1.165, 1.54) is 12.1 Å². The summed E-state index contributed by atoms with van der Waals surface area (Å²) in [5.41, 5.74) is 0. The maximum atomic E-state index is 13.3. The number of fused-ring (bicyclic) bond motifs is 1. The van der Waals surface area contributed by atoms with E-state index in [0.29, 0.717) is 22.4 Å². The SMILES string of the molecule is CCOc1cc(F)c2cc(F)sc2c1. The van der Waals surface area contributed by atoms with Crippen molar-refractivity contribution >= 4 is 21.4 Å². The number of ether oxygens (including phenoxy) is 1. The Bertz CT molecular complexity index is 464. The third-order valence-corrected chi connectivity index (χ3v) is 2.71. The normalized spacial score (nSPS) is 10.8. The molecule has 4 heteroatoms. The average Bonchev–Trinajstić information content (AvgIpc) is 2.47. The van der Waals surface area contributed by atoms with Crippen molar-refractivity contribution in [3.8, 4) is 5.75 Å². The van der Waals surface area contributed by atoms with Gasteiger partial charge < -0.3 is 4.74 Å². The Morgan fingerprint density at radius 3 is 2.79 bits per heavy atom. The fourth-order valence-electron chi connectivity index (χ4n) is 1.29. The molecule has 0 atom stereocenters. The van der Waals surface area contributed by atoms with Crippen molar-refractivity contribution in [2.45, 2.75) is 6.92 Å². The van der Waals surface area contributed by atoms with Gasteiger partial charge in [-0.05, 0) is 19.1 Å². The van der Waals surface area contributed by atoms with Crippen LogP contribution in [-0.2, 0) is 0 Å². The number of halogens is 2. The summed E-state index contributed by atoms with van der Waals surface area (Å²) >= 11 is 0.920. The number of hydrogen-bond acceptors (Lipinski definition) is 2. The summed E-state index contributed by atoms with van der Waals surface area (Å²) in [7, 11) is 0. The zero-order valence-corrected chi connectivity index (χ0v) is 8.33. The van der Waals surface area contributed by atoms with E-state index in [1.807, 2.05) is 6.92 Å². The fourth-order valence-corrected chi connectivity index (χ4v) is 2.12. The molecule has 0 unspecified atom stereocenters. The van der Waals surface area contributed by atoms with Crippen LogP contribution in [0.2, 0.25) is 0 Å². The van der Waals surface area contributed by atoms with E-state index >= 15 is 0 Å². The molecule has 0 saturated carbocycles. The van der Waals surface area contributed by atoms with Crippen LogP contribution in [0.15, 0.2) is 18.2 Å². The summed E-state index contributed by atoms with van der Waals surface area (Å²) in [4.78, 5) is 0. The third kappa shape index (κ3) is 1.57. The van der Waals surface area contributed by atoms with Crippen LogP contribution in [0.4, 0.5) is 8.78 Å². The van der Waals surface area contributed by atoms with E-state index in [4.69, 9.17) is 4.74 Å². The topological polar surface area (TPSA) is 9.23 Å². The lowest BCUT2D eigenvalue weighted by Gasteiger charge is -2.02. The highest BCUT2D eigenvalue weighted by Gasteiger charge is 2.08. The van der Waals surface area contributed by atoms with Gasteiger partial charge in [-0.2, -0.15) is 4.39 Å². The minimum Gasteiger partial charge on any atom is -0.494 e. The van der Waals surface area contributed by atoms with Gasteiger partial charge in [0, 0.05) is 16.2 Å². The predicted octanol–water partition coefficient (Wildman–Crippen LogP) is 3.58. The van der Waals surface area contributed by atoms with E-state index < -0.39 is 5.82 Å². The third-order valence-electron chi connectivity index (χ3n) is 1.84. The first-order valence-corrected chi connectivity index (χ1v) is 5.03. The van der Waals surface area contributed by atoms with Crippen LogP contribution in [0.1, 0.15) is 6.92 Å². The van der Waals surface area contributed by atoms with Gasteiger partial charge in [0.2, 0.25) is 0 Å². The van der Waals surface area contributed by atoms with Crippen LogP contribution in [-0.4, -0.2) is 6.61 Å². The number of benzene rings is 1. The first kappa shape index (κ1) is 9.40. The minimum absolute atomic E-state index is 0.316. The highest BCUT2D eigenvalue weighted by molar-refractivity contribution is 7.17. The van der Waals surface area contributed by atoms with Crippen molar-refractivity contribution in [3.05, 3.63) is 29.1 Å². The van der Waals surface area contributed by atoms with Crippen molar-refractivity contribution in [3.63, 3.8) is 0 Å². The molecule has 0 aliphatic heterocycles. The van der Waals surface area contributed by atoms with Crippen LogP contribution < -0.4 is 4.74 Å². The molecule has 0 spiro atoms. The molecule has 1 aromatic heterocycles. The molecule has 0 bridgehead atoms. The number of hydrogen-bond donors (Lipinski definition) is 0. The molecular weight excluding hydrogens is 206 g/mol. The molecule has 0 aliphatic carbocycles. The monoisotopic (exact) mass is 214 g/mol. The Morgan fingerprint density at radius 1 is 1.29 bits per heavy atom. The maximum Gasteiger partial charge on any atom is 0.177 e. The molecular formula is C10H8F2OS. The second kappa shape index (κ2) is 3.53. The Labute approximate surface area is 83.9 Å². The summed E-state index contributed by atoms with van der Waals surface area (Å²) in [5.74, 6) is 0.00505. The second-order valence-electron chi connectivity index (χ2n) is 2.80. The molecule has 0 N–H and O–H groups in total. The van der Waals surface area contributed by atoms with E-state index in [2.05, 4.69) is 0 Å². The molecule has 0 aliphatic rings. The average molecular weight is 214 g/mol. The predicted molar refractivity (Wildman–Crippen MR) is 52.9 cm³/mol. The molecule has 2 rings (SSSR count). The Balaban J connectivity index is 2.59. The quantitative estimate of drug-likeness (QED) is 0.742. The minimum atomic E-state index is -0.439. The molecule has 0 radical (unpaired) electrons. The van der Waals surface area contributed by atoms with Gasteiger partial charge in [0.15, 0.2) is 5.13 Å². The maximum absolute atomic E-state index is 13.3. The zero-order valence-electron chi connectivity index (χ0n) is 7.51. The molecule has 14 heavy (non-hydrogen) atoms. The van der Waals surface area contributed by atoms with Crippen molar-refractivity contribution in [2.24, 2.45) is 0 Å². The summed E-state index contributed by atoms with van der Waals surface area (Å²) in [6.45, 7) is 2.29. The van der Waals surface area contributed by atoms with E-state index in [-0.39, 0.29) is 5.13 Å². The van der Waals surface area contributed by atoms with Gasteiger partial charge >= 0.3 is 0 Å². The van der Waals surface area contributed by atoms with E-state index in [0.717, 1.165) is 11.3 Å². The molecule has 1 aromatic carbocycles. The van der Waals surface area contributed by atoms with Crippen LogP contribution in [0.3, 0.4) is 0 Å². The van der Waals surface area contributed by atoms with Gasteiger partial charge in [0.25, 0.3) is 0 Å². The van der Waals surface area contributed by atoms with Gasteiger partial charge in [0.1, 0.15) is 11.6 Å². The van der Waals surface area contributed by atoms with E-state index in [1.54, 1.807) is 6.07 Å². The van der Waals surface area contributed by atoms with Gasteiger partial charge in [-0.1, -0.05) is 0 Å². The summed E-state index contributed by atoms with van der Waals surface area (Å²) in [6.07, 6.45) is 0. The van der Waals surface area contributed by atoms with Gasteiger partial charge in [-0.3, -0.25) is 0 Å². The molecule has 1 nitrogen and oxygen atoms in total. The fraction of sp³-hybridized carbons (Fsp3) is 0.200. The summed E-state index contributed by atoms with van der Waals surface area (Å²) in [6, 6.07) is 4.12. The lowest BCUT2D eigenvalue weighted by atomic mass is 10.2. The standard InChI is InChI=1S/C10H8F2OS/c1-2-13-6-3-8(11)7-5-10(12)14-9(7)4-6/h3-5H,2H2,1H3. The first-order chi connectivity index (χ1) is 6.70. The lowest BCUT2D eigenvalue weighted by Crippen LogP contribution is -1.91. The van der Waals surface area contributed by atoms with Crippen molar-refractivity contribution in [1.29, 1.82) is 0 Å². The van der Waals surface area contributed by atoms with E-state index in [9.17, 15) is 8.78 Å². The summed E-state index contributed by atoms with van der Waals surface area (Å²) < 4.78 is 31.9. The zero-order chi connectivity index (χ0) is 10.1. The number of rotatable bonds is 2. The van der Waals surface area contributed by atoms with Crippen LogP contribution in [0.5, 0.6) is 5.75 Å². The molecule has 2 aromatic rings. The largest absolute Gasteiger partial charge is 0.494 e. The Hall–Kier alpha value is -1.16. The first-order valence-electron chi connectivity index (χ1n) is 4.22. The van der Waals surface area contributed by atoms with Gasteiger partial charge in [-0.15, -0.1) is 11.3 Å². The number of thiophene rings is 1. The van der Waals surface area contributed by atoms with Crippen molar-refractivity contribution in [1.82, 2.24) is 0 Å². The highest BCUT2D eigenvalue weighted by Crippen LogP contribution is 2.30. The van der Waals surface area contributed by atoms with Crippen molar-refractivity contribution < 1.29 is 13.5 Å². The molecule has 1 heterocycles. The molecule has 0 amide bonds.